The molecule has 0 spiro atoms. The van der Waals surface area contributed by atoms with Crippen molar-refractivity contribution in [3.8, 4) is 22.8 Å². The highest BCUT2D eigenvalue weighted by Gasteiger charge is 2.20. The van der Waals surface area contributed by atoms with Crippen molar-refractivity contribution in [2.45, 2.75) is 26.2 Å². The molecule has 2 aromatic carbocycles. The van der Waals surface area contributed by atoms with Crippen LogP contribution in [0.3, 0.4) is 0 Å². The Hall–Kier alpha value is -3.59. The predicted octanol–water partition coefficient (Wildman–Crippen LogP) is 2.91. The largest absolute Gasteiger partial charge is 0.507 e. The average Bonchev–Trinajstić information content (AvgIpc) is 3.19. The summed E-state index contributed by atoms with van der Waals surface area (Å²) in [5, 5.41) is 25.6. The topological polar surface area (TPSA) is 133 Å². The minimum absolute atomic E-state index is 0.0975. The Bertz CT molecular complexity index is 1160. The van der Waals surface area contributed by atoms with Crippen molar-refractivity contribution < 1.29 is 9.84 Å². The number of phenols is 1. The fraction of sp³-hybridized carbons (Fsp3) is 0.348. The van der Waals surface area contributed by atoms with E-state index in [2.05, 4.69) is 22.0 Å². The number of nitrogens with one attached hydrogen (secondary N) is 2. The number of unbranched alkanes of at least 4 members (excludes halogenated alkanes) is 1. The molecule has 4 rings (SSSR count). The summed E-state index contributed by atoms with van der Waals surface area (Å²) in [6.45, 7) is 5.09. The summed E-state index contributed by atoms with van der Waals surface area (Å²) in [5.41, 5.74) is 8.92. The molecule has 0 aliphatic carbocycles. The second kappa shape index (κ2) is 9.27. The van der Waals surface area contributed by atoms with Crippen LogP contribution in [0.5, 0.6) is 5.75 Å². The number of nitrogen functional groups attached to an aromatic ring is 1. The second-order valence-electron chi connectivity index (χ2n) is 7.84. The first kappa shape index (κ1) is 21.6. The first-order chi connectivity index (χ1) is 15.5. The number of nitrogens with zero attached hydrogens (tertiary/aromatic N) is 3. The first-order valence-corrected chi connectivity index (χ1v) is 10.8. The molecule has 5 N–H and O–H groups in total. The summed E-state index contributed by atoms with van der Waals surface area (Å²) in [6.07, 6.45) is 2.42. The van der Waals surface area contributed by atoms with Crippen molar-refractivity contribution in [1.82, 2.24) is 14.8 Å². The molecule has 1 fully saturated rings. The highest BCUT2D eigenvalue weighted by Crippen LogP contribution is 2.33. The Kier molecular flexibility index (Phi) is 6.27. The molecule has 0 saturated carbocycles. The van der Waals surface area contributed by atoms with Crippen LogP contribution in [0.15, 0.2) is 41.2 Å². The van der Waals surface area contributed by atoms with Crippen molar-refractivity contribution in [3.05, 3.63) is 52.4 Å². The molecule has 1 aliphatic rings. The summed E-state index contributed by atoms with van der Waals surface area (Å²) in [6, 6.07) is 10.7. The van der Waals surface area contributed by atoms with E-state index in [1.165, 1.54) is 10.6 Å². The van der Waals surface area contributed by atoms with Crippen LogP contribution >= 0.6 is 0 Å². The zero-order valence-corrected chi connectivity index (χ0v) is 18.1. The van der Waals surface area contributed by atoms with Crippen LogP contribution in [0.1, 0.15) is 31.7 Å². The van der Waals surface area contributed by atoms with Gasteiger partial charge < -0.3 is 25.9 Å². The van der Waals surface area contributed by atoms with Gasteiger partial charge in [-0.2, -0.15) is 5.10 Å². The normalized spacial score (nSPS) is 14.0. The quantitative estimate of drug-likeness (QED) is 0.332. The molecule has 32 heavy (non-hydrogen) atoms. The van der Waals surface area contributed by atoms with Crippen LogP contribution < -0.4 is 16.3 Å². The Balaban J connectivity index is 1.71. The molecular formula is C23H28N6O3. The van der Waals surface area contributed by atoms with Crippen molar-refractivity contribution >= 4 is 17.1 Å². The maximum absolute atomic E-state index is 12.6. The molecule has 3 aromatic rings. The molecule has 9 heteroatoms. The lowest BCUT2D eigenvalue weighted by molar-refractivity contribution is 0.122. The number of phenolic OH excluding ortho intramolecular Hbond substituents is 1. The van der Waals surface area contributed by atoms with Crippen LogP contribution in [0.2, 0.25) is 0 Å². The Labute approximate surface area is 186 Å². The Morgan fingerprint density at radius 3 is 2.59 bits per heavy atom. The van der Waals surface area contributed by atoms with Gasteiger partial charge in [0.2, 0.25) is 0 Å². The van der Waals surface area contributed by atoms with E-state index in [9.17, 15) is 9.90 Å². The Morgan fingerprint density at radius 2 is 1.91 bits per heavy atom. The number of aromatic nitrogens is 3. The van der Waals surface area contributed by atoms with E-state index >= 15 is 0 Å². The average molecular weight is 437 g/mol. The van der Waals surface area contributed by atoms with Crippen molar-refractivity contribution in [2.24, 2.45) is 0 Å². The van der Waals surface area contributed by atoms with Gasteiger partial charge in [-0.1, -0.05) is 13.3 Å². The molecule has 1 aromatic heterocycles. The zero-order valence-electron chi connectivity index (χ0n) is 18.1. The van der Waals surface area contributed by atoms with Crippen molar-refractivity contribution in [1.29, 1.82) is 5.41 Å². The number of hydrogen-bond donors (Lipinski definition) is 4. The van der Waals surface area contributed by atoms with Gasteiger partial charge in [-0.15, -0.1) is 0 Å². The van der Waals surface area contributed by atoms with Crippen LogP contribution in [-0.2, 0) is 4.74 Å². The summed E-state index contributed by atoms with van der Waals surface area (Å²) in [4.78, 5) is 14.8. The van der Waals surface area contributed by atoms with Crippen LogP contribution in [0.4, 0.5) is 11.4 Å². The Morgan fingerprint density at radius 1 is 1.22 bits per heavy atom. The van der Waals surface area contributed by atoms with E-state index in [-0.39, 0.29) is 11.6 Å². The molecular weight excluding hydrogens is 408 g/mol. The van der Waals surface area contributed by atoms with Gasteiger partial charge in [0.05, 0.1) is 24.5 Å². The van der Waals surface area contributed by atoms with Gasteiger partial charge in [0.25, 0.3) is 0 Å². The third-order valence-electron chi connectivity index (χ3n) is 5.67. The number of rotatable bonds is 7. The van der Waals surface area contributed by atoms with Gasteiger partial charge in [0.1, 0.15) is 5.75 Å². The maximum Gasteiger partial charge on any atom is 0.348 e. The van der Waals surface area contributed by atoms with E-state index in [1.807, 2.05) is 24.3 Å². The summed E-state index contributed by atoms with van der Waals surface area (Å²) in [5.74, 6) is 0.163. The number of aromatic hydroxyl groups is 1. The van der Waals surface area contributed by atoms with E-state index < -0.39 is 5.69 Å². The lowest BCUT2D eigenvalue weighted by Crippen LogP contribution is -2.36. The molecule has 0 amide bonds. The molecule has 168 valence electrons. The molecule has 0 bridgehead atoms. The van der Waals surface area contributed by atoms with Crippen molar-refractivity contribution in [3.63, 3.8) is 0 Å². The number of ether oxygens (including phenoxy) is 1. The fourth-order valence-corrected chi connectivity index (χ4v) is 3.88. The van der Waals surface area contributed by atoms with Gasteiger partial charge in [-0.25, -0.2) is 14.5 Å². The third kappa shape index (κ3) is 4.24. The van der Waals surface area contributed by atoms with E-state index in [0.717, 1.165) is 31.6 Å². The number of nitrogens with two attached hydrogens (primary N) is 1. The minimum Gasteiger partial charge on any atom is -0.507 e. The smallest absolute Gasteiger partial charge is 0.348 e. The lowest BCUT2D eigenvalue weighted by atomic mass is 9.99. The fourth-order valence-electron chi connectivity index (χ4n) is 3.88. The lowest BCUT2D eigenvalue weighted by Gasteiger charge is -2.28. The number of hydrogen-bond acceptors (Lipinski definition) is 7. The number of morpholine rings is 1. The maximum atomic E-state index is 12.6. The number of benzene rings is 2. The molecule has 0 unspecified atom stereocenters. The second-order valence-corrected chi connectivity index (χ2v) is 7.84. The summed E-state index contributed by atoms with van der Waals surface area (Å²) in [7, 11) is 0. The van der Waals surface area contributed by atoms with Gasteiger partial charge in [0.15, 0.2) is 5.82 Å². The van der Waals surface area contributed by atoms with Gasteiger partial charge in [0, 0.05) is 41.8 Å². The molecule has 0 atom stereocenters. The monoisotopic (exact) mass is 436 g/mol. The number of aromatic amines is 1. The van der Waals surface area contributed by atoms with Crippen LogP contribution in [-0.4, -0.2) is 51.9 Å². The summed E-state index contributed by atoms with van der Waals surface area (Å²) >= 11 is 0. The molecule has 9 nitrogen and oxygen atoms in total. The van der Waals surface area contributed by atoms with E-state index in [0.29, 0.717) is 47.8 Å². The number of H-pyrrole nitrogens is 1. The summed E-state index contributed by atoms with van der Waals surface area (Å²) < 4.78 is 6.82. The third-order valence-corrected chi connectivity index (χ3v) is 5.67. The molecule has 1 aliphatic heterocycles. The minimum atomic E-state index is -0.419. The number of anilines is 2. The molecule has 1 saturated heterocycles. The van der Waals surface area contributed by atoms with Gasteiger partial charge >= 0.3 is 5.69 Å². The molecule has 2 heterocycles. The predicted molar refractivity (Wildman–Crippen MR) is 125 cm³/mol. The van der Waals surface area contributed by atoms with Crippen molar-refractivity contribution in [2.75, 3.05) is 36.9 Å². The first-order valence-electron chi connectivity index (χ1n) is 10.8. The highest BCUT2D eigenvalue weighted by molar-refractivity contribution is 6.04. The molecule has 0 radical (unpaired) electrons. The standard InChI is InChI=1S/C23H28N6O3/c1-2-3-4-19(24)17-13-18(21(30)14-20(17)25)22-26-27-23(31)29(22)16-7-5-15(6-8-16)28-9-11-32-12-10-28/h5-8,13-14,24,30H,2-4,9-12,25H2,1H3,(H,27,31). The van der Waals surface area contributed by atoms with E-state index in [1.54, 1.807) is 6.07 Å². The van der Waals surface area contributed by atoms with Crippen LogP contribution in [0, 0.1) is 5.41 Å². The highest BCUT2D eigenvalue weighted by atomic mass is 16.5. The van der Waals surface area contributed by atoms with E-state index in [4.69, 9.17) is 15.9 Å². The van der Waals surface area contributed by atoms with Gasteiger partial charge in [-0.3, -0.25) is 0 Å². The zero-order chi connectivity index (χ0) is 22.7. The van der Waals surface area contributed by atoms with Crippen LogP contribution in [0.25, 0.3) is 17.1 Å². The SMILES string of the molecule is CCCCC(=N)c1cc(-c2n[nH]c(=O)n2-c2ccc(N3CCOCC3)cc2)c(O)cc1N. The van der Waals surface area contributed by atoms with Gasteiger partial charge in [-0.05, 0) is 43.2 Å².